The summed E-state index contributed by atoms with van der Waals surface area (Å²) in [5, 5.41) is 10.7. The van der Waals surface area contributed by atoms with Gasteiger partial charge in [0.1, 0.15) is 4.88 Å². The third-order valence-electron chi connectivity index (χ3n) is 3.96. The minimum atomic E-state index is 0.0654. The summed E-state index contributed by atoms with van der Waals surface area (Å²) in [4.78, 5) is 15.6. The standard InChI is InChI=1S/C17H21NO2S/c19-9-2-1-3-15-8-10-21-16(15)17(20)18(11-13-4-5-13)12-14-6-7-14/h8,10,13-14,19H,2,4-7,9,11-12H2. The largest absolute Gasteiger partial charge is 0.395 e. The topological polar surface area (TPSA) is 40.5 Å². The van der Waals surface area contributed by atoms with Gasteiger partial charge in [-0.3, -0.25) is 4.79 Å². The molecule has 0 aromatic carbocycles. The molecule has 2 saturated carbocycles. The van der Waals surface area contributed by atoms with Crippen LogP contribution in [0.5, 0.6) is 0 Å². The van der Waals surface area contributed by atoms with Crippen molar-refractivity contribution in [1.29, 1.82) is 0 Å². The molecule has 1 amide bonds. The fraction of sp³-hybridized carbons (Fsp3) is 0.588. The molecule has 0 saturated heterocycles. The molecule has 0 atom stereocenters. The van der Waals surface area contributed by atoms with E-state index in [1.165, 1.54) is 37.0 Å². The van der Waals surface area contributed by atoms with Gasteiger partial charge in [-0.25, -0.2) is 0 Å². The summed E-state index contributed by atoms with van der Waals surface area (Å²) in [6, 6.07) is 1.91. The van der Waals surface area contributed by atoms with Gasteiger partial charge in [-0.1, -0.05) is 11.8 Å². The van der Waals surface area contributed by atoms with E-state index in [0.717, 1.165) is 35.4 Å². The number of thiophene rings is 1. The summed E-state index contributed by atoms with van der Waals surface area (Å²) in [7, 11) is 0. The van der Waals surface area contributed by atoms with Gasteiger partial charge in [0, 0.05) is 25.1 Å². The molecule has 3 rings (SSSR count). The molecule has 0 spiro atoms. The van der Waals surface area contributed by atoms with E-state index in [-0.39, 0.29) is 12.5 Å². The first-order valence-corrected chi connectivity index (χ1v) is 8.62. The molecule has 1 N–H and O–H groups in total. The van der Waals surface area contributed by atoms with Crippen molar-refractivity contribution in [2.45, 2.75) is 32.1 Å². The average Bonchev–Trinajstić information content (AvgIpc) is 3.40. The SMILES string of the molecule is O=C(c1sccc1C#CCCO)N(CC1CC1)CC1CC1. The highest BCUT2D eigenvalue weighted by molar-refractivity contribution is 7.12. The second-order valence-electron chi connectivity index (χ2n) is 6.04. The summed E-state index contributed by atoms with van der Waals surface area (Å²) in [6.07, 6.45) is 5.52. The van der Waals surface area contributed by atoms with Gasteiger partial charge in [0.25, 0.3) is 5.91 Å². The van der Waals surface area contributed by atoms with Crippen molar-refractivity contribution in [1.82, 2.24) is 4.90 Å². The highest BCUT2D eigenvalue weighted by Crippen LogP contribution is 2.34. The Morgan fingerprint density at radius 3 is 2.52 bits per heavy atom. The lowest BCUT2D eigenvalue weighted by Gasteiger charge is -2.22. The van der Waals surface area contributed by atoms with Gasteiger partial charge in [-0.2, -0.15) is 0 Å². The van der Waals surface area contributed by atoms with Crippen LogP contribution in [0.1, 0.15) is 47.3 Å². The average molecular weight is 303 g/mol. The molecular formula is C17H21NO2S. The Bertz CT molecular complexity index is 547. The molecule has 0 unspecified atom stereocenters. The molecular weight excluding hydrogens is 282 g/mol. The van der Waals surface area contributed by atoms with Gasteiger partial charge in [-0.15, -0.1) is 11.3 Å². The first kappa shape index (κ1) is 14.6. The van der Waals surface area contributed by atoms with Crippen LogP contribution < -0.4 is 0 Å². The Kier molecular flexibility index (Phi) is 4.62. The number of hydrogen-bond acceptors (Lipinski definition) is 3. The van der Waals surface area contributed by atoms with E-state index in [0.29, 0.717) is 6.42 Å². The minimum Gasteiger partial charge on any atom is -0.395 e. The van der Waals surface area contributed by atoms with Crippen LogP contribution in [0.4, 0.5) is 0 Å². The van der Waals surface area contributed by atoms with Gasteiger partial charge in [0.05, 0.1) is 6.61 Å². The van der Waals surface area contributed by atoms with Crippen molar-refractivity contribution in [2.75, 3.05) is 19.7 Å². The van der Waals surface area contributed by atoms with Crippen LogP contribution in [-0.4, -0.2) is 35.6 Å². The van der Waals surface area contributed by atoms with Crippen molar-refractivity contribution in [3.63, 3.8) is 0 Å². The first-order chi connectivity index (χ1) is 10.3. The highest BCUT2D eigenvalue weighted by Gasteiger charge is 2.32. The Balaban J connectivity index is 1.72. The van der Waals surface area contributed by atoms with E-state index < -0.39 is 0 Å². The minimum absolute atomic E-state index is 0.0654. The van der Waals surface area contributed by atoms with Crippen LogP contribution in [0.25, 0.3) is 0 Å². The molecule has 1 aromatic heterocycles. The molecule has 0 bridgehead atoms. The predicted octanol–water partition coefficient (Wildman–Crippen LogP) is 2.74. The number of hydrogen-bond donors (Lipinski definition) is 1. The van der Waals surface area contributed by atoms with Crippen molar-refractivity contribution < 1.29 is 9.90 Å². The number of carbonyl (C=O) groups is 1. The van der Waals surface area contributed by atoms with Crippen LogP contribution in [0.15, 0.2) is 11.4 Å². The lowest BCUT2D eigenvalue weighted by Crippen LogP contribution is -2.34. The normalized spacial score (nSPS) is 17.2. The maximum atomic E-state index is 12.8. The summed E-state index contributed by atoms with van der Waals surface area (Å²) >= 11 is 1.48. The molecule has 0 radical (unpaired) electrons. The molecule has 4 heteroatoms. The predicted molar refractivity (Wildman–Crippen MR) is 84.3 cm³/mol. The summed E-state index contributed by atoms with van der Waals surface area (Å²) in [5.41, 5.74) is 0.815. The maximum Gasteiger partial charge on any atom is 0.265 e. The smallest absolute Gasteiger partial charge is 0.265 e. The second kappa shape index (κ2) is 6.64. The quantitative estimate of drug-likeness (QED) is 0.821. The lowest BCUT2D eigenvalue weighted by molar-refractivity contribution is 0.0744. The maximum absolute atomic E-state index is 12.8. The third kappa shape index (κ3) is 4.09. The van der Waals surface area contributed by atoms with Crippen LogP contribution in [0, 0.1) is 23.7 Å². The zero-order valence-electron chi connectivity index (χ0n) is 12.2. The molecule has 112 valence electrons. The van der Waals surface area contributed by atoms with E-state index in [1.807, 2.05) is 11.4 Å². The van der Waals surface area contributed by atoms with Crippen molar-refractivity contribution >= 4 is 17.2 Å². The summed E-state index contributed by atoms with van der Waals surface area (Å²) in [5.74, 6) is 7.52. The van der Waals surface area contributed by atoms with E-state index >= 15 is 0 Å². The molecule has 1 heterocycles. The van der Waals surface area contributed by atoms with Gasteiger partial charge < -0.3 is 10.0 Å². The zero-order valence-corrected chi connectivity index (χ0v) is 13.0. The van der Waals surface area contributed by atoms with Crippen molar-refractivity contribution in [3.8, 4) is 11.8 Å². The number of aliphatic hydroxyl groups is 1. The second-order valence-corrected chi connectivity index (χ2v) is 6.95. The fourth-order valence-electron chi connectivity index (χ4n) is 2.40. The van der Waals surface area contributed by atoms with E-state index in [2.05, 4.69) is 16.7 Å². The monoisotopic (exact) mass is 303 g/mol. The lowest BCUT2D eigenvalue weighted by atomic mass is 10.2. The van der Waals surface area contributed by atoms with Crippen molar-refractivity contribution in [3.05, 3.63) is 21.9 Å². The molecule has 2 aliphatic carbocycles. The summed E-state index contributed by atoms with van der Waals surface area (Å²) in [6.45, 7) is 1.89. The van der Waals surface area contributed by atoms with Crippen LogP contribution in [0.3, 0.4) is 0 Å². The number of nitrogens with zero attached hydrogens (tertiary/aromatic N) is 1. The highest BCUT2D eigenvalue weighted by atomic mass is 32.1. The molecule has 3 nitrogen and oxygen atoms in total. The molecule has 2 aliphatic rings. The van der Waals surface area contributed by atoms with E-state index in [4.69, 9.17) is 5.11 Å². The Labute approximate surface area is 130 Å². The fourth-order valence-corrected chi connectivity index (χ4v) is 3.21. The Morgan fingerprint density at radius 2 is 1.95 bits per heavy atom. The van der Waals surface area contributed by atoms with Crippen LogP contribution in [0.2, 0.25) is 0 Å². The molecule has 1 aromatic rings. The van der Waals surface area contributed by atoms with E-state index in [9.17, 15) is 4.79 Å². The molecule has 2 fully saturated rings. The Morgan fingerprint density at radius 1 is 1.29 bits per heavy atom. The Hall–Kier alpha value is -1.31. The number of carbonyl (C=O) groups excluding carboxylic acids is 1. The van der Waals surface area contributed by atoms with Crippen LogP contribution in [-0.2, 0) is 0 Å². The summed E-state index contributed by atoms with van der Waals surface area (Å²) < 4.78 is 0. The third-order valence-corrected chi connectivity index (χ3v) is 4.86. The van der Waals surface area contributed by atoms with Gasteiger partial charge in [0.15, 0.2) is 0 Å². The van der Waals surface area contributed by atoms with Gasteiger partial charge in [0.2, 0.25) is 0 Å². The van der Waals surface area contributed by atoms with Crippen LogP contribution >= 0.6 is 11.3 Å². The zero-order chi connectivity index (χ0) is 14.7. The number of aliphatic hydroxyl groups excluding tert-OH is 1. The van der Waals surface area contributed by atoms with Gasteiger partial charge >= 0.3 is 0 Å². The first-order valence-electron chi connectivity index (χ1n) is 7.74. The molecule has 21 heavy (non-hydrogen) atoms. The van der Waals surface area contributed by atoms with E-state index in [1.54, 1.807) is 0 Å². The van der Waals surface area contributed by atoms with Crippen molar-refractivity contribution in [2.24, 2.45) is 11.8 Å². The molecule has 0 aliphatic heterocycles. The number of rotatable bonds is 6. The number of amides is 1. The van der Waals surface area contributed by atoms with Gasteiger partial charge in [-0.05, 0) is 49.0 Å².